The summed E-state index contributed by atoms with van der Waals surface area (Å²) in [7, 11) is 2.21. The van der Waals surface area contributed by atoms with Crippen molar-refractivity contribution < 1.29 is 4.74 Å². The second-order valence-corrected chi connectivity index (χ2v) is 8.86. The number of rotatable bonds is 7. The Morgan fingerprint density at radius 3 is 2.27 bits per heavy atom. The molecule has 1 aromatic heterocycles. The molecule has 2 fully saturated rings. The maximum Gasteiger partial charge on any atom is 0.332 e. The quantitative estimate of drug-likeness (QED) is 0.653. The Morgan fingerprint density at radius 1 is 0.933 bits per heavy atom. The molecule has 2 aliphatic rings. The van der Waals surface area contributed by atoms with E-state index in [1.807, 2.05) is 41.2 Å². The van der Waals surface area contributed by atoms with E-state index in [1.165, 1.54) is 39.0 Å². The molecule has 164 valence electrons. The molecule has 0 bridgehead atoms. The molecule has 6 heteroatoms. The zero-order valence-electron chi connectivity index (χ0n) is 18.5. The Bertz CT molecular complexity index is 841. The number of ether oxygens (including phenoxy) is 1. The summed E-state index contributed by atoms with van der Waals surface area (Å²) in [6, 6.07) is 8.85. The zero-order chi connectivity index (χ0) is 20.9. The van der Waals surface area contributed by atoms with Crippen LogP contribution in [0.3, 0.4) is 0 Å². The van der Waals surface area contributed by atoms with E-state index in [1.54, 1.807) is 4.57 Å². The molecule has 1 aliphatic heterocycles. The van der Waals surface area contributed by atoms with Gasteiger partial charge in [0.05, 0.1) is 12.3 Å². The molecular formula is C24H36N4O2. The fourth-order valence-electron chi connectivity index (χ4n) is 4.79. The van der Waals surface area contributed by atoms with Crippen molar-refractivity contribution in [2.24, 2.45) is 0 Å². The fraction of sp³-hybridized carbons (Fsp3) is 0.625. The SMILES string of the molecule is CCCCOc1ccc(-n2ccn(C3CCC(N4CCN(C)CC4)CC3)c2=O)cc1. The highest BCUT2D eigenvalue weighted by Crippen LogP contribution is 2.31. The summed E-state index contributed by atoms with van der Waals surface area (Å²) in [6.45, 7) is 7.60. The Kier molecular flexibility index (Phi) is 6.95. The first kappa shape index (κ1) is 21.2. The van der Waals surface area contributed by atoms with Crippen molar-refractivity contribution >= 4 is 0 Å². The molecule has 6 nitrogen and oxygen atoms in total. The molecule has 1 saturated heterocycles. The van der Waals surface area contributed by atoms with Gasteiger partial charge in [-0.25, -0.2) is 4.79 Å². The highest BCUT2D eigenvalue weighted by atomic mass is 16.5. The predicted octanol–water partition coefficient (Wildman–Crippen LogP) is 3.55. The number of hydrogen-bond donors (Lipinski definition) is 0. The van der Waals surface area contributed by atoms with Gasteiger partial charge in [0.15, 0.2) is 0 Å². The van der Waals surface area contributed by atoms with Crippen LogP contribution in [0.15, 0.2) is 41.5 Å². The van der Waals surface area contributed by atoms with Crippen LogP contribution < -0.4 is 10.4 Å². The fourth-order valence-corrected chi connectivity index (χ4v) is 4.79. The molecule has 0 atom stereocenters. The minimum absolute atomic E-state index is 0.0673. The molecule has 0 spiro atoms. The Morgan fingerprint density at radius 2 is 1.60 bits per heavy atom. The van der Waals surface area contributed by atoms with Gasteiger partial charge in [0.1, 0.15) is 5.75 Å². The summed E-state index contributed by atoms with van der Waals surface area (Å²) in [5.74, 6) is 0.863. The lowest BCUT2D eigenvalue weighted by atomic mass is 9.89. The summed E-state index contributed by atoms with van der Waals surface area (Å²) in [5, 5.41) is 0. The molecule has 0 radical (unpaired) electrons. The highest BCUT2D eigenvalue weighted by Gasteiger charge is 2.29. The topological polar surface area (TPSA) is 42.6 Å². The number of unbranched alkanes of at least 4 members (excludes halogenated alkanes) is 1. The van der Waals surface area contributed by atoms with Gasteiger partial charge in [-0.1, -0.05) is 13.3 Å². The molecule has 1 saturated carbocycles. The van der Waals surface area contributed by atoms with Gasteiger partial charge in [0.25, 0.3) is 0 Å². The smallest absolute Gasteiger partial charge is 0.332 e. The van der Waals surface area contributed by atoms with Crippen LogP contribution in [0.2, 0.25) is 0 Å². The molecule has 4 rings (SSSR count). The van der Waals surface area contributed by atoms with Crippen molar-refractivity contribution in [2.45, 2.75) is 57.5 Å². The lowest BCUT2D eigenvalue weighted by Gasteiger charge is -2.41. The number of piperazine rings is 1. The summed E-state index contributed by atoms with van der Waals surface area (Å²) < 4.78 is 9.44. The van der Waals surface area contributed by atoms with Crippen LogP contribution in [0.25, 0.3) is 5.69 Å². The van der Waals surface area contributed by atoms with E-state index < -0.39 is 0 Å². The van der Waals surface area contributed by atoms with Gasteiger partial charge in [-0.3, -0.25) is 14.0 Å². The second-order valence-electron chi connectivity index (χ2n) is 8.86. The van der Waals surface area contributed by atoms with Crippen molar-refractivity contribution in [1.82, 2.24) is 18.9 Å². The van der Waals surface area contributed by atoms with Crippen molar-refractivity contribution in [1.29, 1.82) is 0 Å². The average Bonchev–Trinajstić information content (AvgIpc) is 3.16. The van der Waals surface area contributed by atoms with Crippen LogP contribution in [0.4, 0.5) is 0 Å². The minimum atomic E-state index is 0.0673. The number of imidazole rings is 1. The normalized spacial score (nSPS) is 23.5. The summed E-state index contributed by atoms with van der Waals surface area (Å²) in [6.07, 6.45) is 10.6. The number of likely N-dealkylation sites (N-methyl/N-ethyl adjacent to an activating group) is 1. The van der Waals surface area contributed by atoms with Gasteiger partial charge in [0, 0.05) is 50.7 Å². The van der Waals surface area contributed by atoms with E-state index in [0.29, 0.717) is 12.1 Å². The molecule has 1 aromatic carbocycles. The average molecular weight is 413 g/mol. The van der Waals surface area contributed by atoms with E-state index in [4.69, 9.17) is 4.74 Å². The van der Waals surface area contributed by atoms with Crippen molar-refractivity contribution in [3.05, 3.63) is 47.1 Å². The third-order valence-electron chi connectivity index (χ3n) is 6.80. The Hall–Kier alpha value is -2.05. The second kappa shape index (κ2) is 9.84. The number of aromatic nitrogens is 2. The summed E-state index contributed by atoms with van der Waals surface area (Å²) in [5.41, 5.74) is 0.963. The first-order chi connectivity index (χ1) is 14.7. The highest BCUT2D eigenvalue weighted by molar-refractivity contribution is 5.37. The van der Waals surface area contributed by atoms with Gasteiger partial charge >= 0.3 is 5.69 Å². The van der Waals surface area contributed by atoms with Crippen molar-refractivity contribution in [2.75, 3.05) is 39.8 Å². The lowest BCUT2D eigenvalue weighted by molar-refractivity contribution is 0.0820. The Balaban J connectivity index is 1.36. The molecule has 0 amide bonds. The summed E-state index contributed by atoms with van der Waals surface area (Å²) >= 11 is 0. The molecule has 0 unspecified atom stereocenters. The van der Waals surface area contributed by atoms with Crippen LogP contribution >= 0.6 is 0 Å². The van der Waals surface area contributed by atoms with E-state index in [9.17, 15) is 4.79 Å². The lowest BCUT2D eigenvalue weighted by Crippen LogP contribution is -2.50. The first-order valence-corrected chi connectivity index (χ1v) is 11.6. The van der Waals surface area contributed by atoms with Gasteiger partial charge in [-0.05, 0) is 63.4 Å². The van der Waals surface area contributed by atoms with Gasteiger partial charge in [0.2, 0.25) is 0 Å². The van der Waals surface area contributed by atoms with Gasteiger partial charge in [-0.2, -0.15) is 0 Å². The number of nitrogens with zero attached hydrogens (tertiary/aromatic N) is 4. The predicted molar refractivity (Wildman–Crippen MR) is 121 cm³/mol. The standard InChI is InChI=1S/C24H36N4O2/c1-3-4-19-30-23-11-9-22(10-12-23)28-18-17-27(24(28)29)21-7-5-20(6-8-21)26-15-13-25(2)14-16-26/h9-12,17-18,20-21H,3-8,13-16,19H2,1-2H3. The van der Waals surface area contributed by atoms with Crippen LogP contribution in [0.5, 0.6) is 5.75 Å². The monoisotopic (exact) mass is 412 g/mol. The van der Waals surface area contributed by atoms with E-state index >= 15 is 0 Å². The number of hydrogen-bond acceptors (Lipinski definition) is 4. The van der Waals surface area contributed by atoms with Crippen LogP contribution in [0.1, 0.15) is 51.5 Å². The zero-order valence-corrected chi connectivity index (χ0v) is 18.5. The van der Waals surface area contributed by atoms with E-state index in [2.05, 4.69) is 23.8 Å². The molecule has 2 heterocycles. The van der Waals surface area contributed by atoms with Gasteiger partial charge < -0.3 is 9.64 Å². The molecule has 1 aliphatic carbocycles. The van der Waals surface area contributed by atoms with Crippen LogP contribution in [0, 0.1) is 0 Å². The maximum atomic E-state index is 13.1. The maximum absolute atomic E-state index is 13.1. The van der Waals surface area contributed by atoms with Crippen LogP contribution in [-0.4, -0.2) is 64.8 Å². The van der Waals surface area contributed by atoms with Crippen molar-refractivity contribution in [3.8, 4) is 11.4 Å². The van der Waals surface area contributed by atoms with Gasteiger partial charge in [-0.15, -0.1) is 0 Å². The molecular weight excluding hydrogens is 376 g/mol. The van der Waals surface area contributed by atoms with Crippen LogP contribution in [-0.2, 0) is 0 Å². The molecule has 30 heavy (non-hydrogen) atoms. The molecule has 0 N–H and O–H groups in total. The minimum Gasteiger partial charge on any atom is -0.494 e. The van der Waals surface area contributed by atoms with E-state index in [-0.39, 0.29) is 5.69 Å². The third kappa shape index (κ3) is 4.81. The first-order valence-electron chi connectivity index (χ1n) is 11.6. The van der Waals surface area contributed by atoms with Crippen molar-refractivity contribution in [3.63, 3.8) is 0 Å². The third-order valence-corrected chi connectivity index (χ3v) is 6.80. The Labute approximate surface area is 180 Å². The largest absolute Gasteiger partial charge is 0.494 e. The summed E-state index contributed by atoms with van der Waals surface area (Å²) in [4.78, 5) is 18.1. The van der Waals surface area contributed by atoms with E-state index in [0.717, 1.165) is 43.7 Å². The number of benzene rings is 1. The molecule has 2 aromatic rings.